The second kappa shape index (κ2) is 9.14. The number of carbonyl (C=O) groups excluding carboxylic acids is 1. The molecule has 0 atom stereocenters. The number of amides is 1. The molecule has 0 bridgehead atoms. The maximum atomic E-state index is 13.8. The van der Waals surface area contributed by atoms with E-state index < -0.39 is 5.82 Å². The summed E-state index contributed by atoms with van der Waals surface area (Å²) in [7, 11) is 0. The Morgan fingerprint density at radius 2 is 1.79 bits per heavy atom. The molecule has 150 valence electrons. The van der Waals surface area contributed by atoms with Crippen LogP contribution in [0.25, 0.3) is 0 Å². The van der Waals surface area contributed by atoms with E-state index in [-0.39, 0.29) is 17.3 Å². The van der Waals surface area contributed by atoms with Crippen molar-refractivity contribution < 1.29 is 9.18 Å². The highest BCUT2D eigenvalue weighted by Gasteiger charge is 2.12. The van der Waals surface area contributed by atoms with Crippen LogP contribution in [-0.2, 0) is 0 Å². The second-order valence-corrected chi connectivity index (χ2v) is 6.52. The molecule has 0 saturated carbocycles. The van der Waals surface area contributed by atoms with Crippen molar-refractivity contribution in [2.75, 3.05) is 28.6 Å². The molecule has 0 aliphatic carbocycles. The van der Waals surface area contributed by atoms with Crippen LogP contribution in [-0.4, -0.2) is 29.0 Å². The van der Waals surface area contributed by atoms with Gasteiger partial charge >= 0.3 is 0 Å². The molecule has 29 heavy (non-hydrogen) atoms. The highest BCUT2D eigenvalue weighted by molar-refractivity contribution is 6.03. The summed E-state index contributed by atoms with van der Waals surface area (Å²) in [6.07, 6.45) is 1.27. The van der Waals surface area contributed by atoms with Crippen molar-refractivity contribution in [3.8, 4) is 0 Å². The van der Waals surface area contributed by atoms with Gasteiger partial charge in [-0.1, -0.05) is 12.1 Å². The fraction of sp³-hybridized carbons (Fsp3) is 0.227. The summed E-state index contributed by atoms with van der Waals surface area (Å²) in [5, 5.41) is 5.75. The molecule has 0 radical (unpaired) electrons. The van der Waals surface area contributed by atoms with Crippen molar-refractivity contribution in [2.24, 2.45) is 0 Å². The first kappa shape index (κ1) is 20.3. The molecule has 3 rings (SSSR count). The average Bonchev–Trinajstić information content (AvgIpc) is 2.73. The lowest BCUT2D eigenvalue weighted by molar-refractivity contribution is 0.102. The van der Waals surface area contributed by atoms with Crippen molar-refractivity contribution in [3.63, 3.8) is 0 Å². The lowest BCUT2D eigenvalue weighted by Crippen LogP contribution is -2.22. The Morgan fingerprint density at radius 3 is 2.48 bits per heavy atom. The van der Waals surface area contributed by atoms with Gasteiger partial charge in [0.2, 0.25) is 0 Å². The molecule has 0 aliphatic heterocycles. The molecule has 0 fully saturated rings. The summed E-state index contributed by atoms with van der Waals surface area (Å²) in [5.41, 5.74) is 3.25. The predicted octanol–water partition coefficient (Wildman–Crippen LogP) is 4.77. The number of carbonyl (C=O) groups is 1. The molecular weight excluding hydrogens is 369 g/mol. The minimum Gasteiger partial charge on any atom is -0.372 e. The SMILES string of the molecule is CCN(CC)c1ccc(NC(=O)c2cc(Nc3ccccc3F)ncn2)c(C)c1. The smallest absolute Gasteiger partial charge is 0.274 e. The fourth-order valence-electron chi connectivity index (χ4n) is 3.01. The molecule has 1 heterocycles. The van der Waals surface area contributed by atoms with Crippen LogP contribution in [0.4, 0.5) is 27.3 Å². The highest BCUT2D eigenvalue weighted by atomic mass is 19.1. The van der Waals surface area contributed by atoms with Gasteiger partial charge < -0.3 is 15.5 Å². The standard InChI is InChI=1S/C22H24FN5O/c1-4-28(5-2)16-10-11-18(15(3)12-16)27-22(29)20-13-21(25-14-24-20)26-19-9-7-6-8-17(19)23/h6-14H,4-5H2,1-3H3,(H,27,29)(H,24,25,26). The van der Waals surface area contributed by atoms with E-state index in [1.54, 1.807) is 18.2 Å². The normalized spacial score (nSPS) is 10.5. The van der Waals surface area contributed by atoms with E-state index in [1.807, 2.05) is 25.1 Å². The molecule has 0 saturated heterocycles. The Labute approximate surface area is 169 Å². The third-order valence-corrected chi connectivity index (χ3v) is 4.62. The molecule has 2 N–H and O–H groups in total. The molecule has 0 spiro atoms. The molecule has 1 aromatic heterocycles. The minimum atomic E-state index is -0.402. The summed E-state index contributed by atoms with van der Waals surface area (Å²) in [6, 6.07) is 13.7. The zero-order chi connectivity index (χ0) is 20.8. The fourth-order valence-corrected chi connectivity index (χ4v) is 3.01. The number of aromatic nitrogens is 2. The Kier molecular flexibility index (Phi) is 6.39. The molecule has 3 aromatic rings. The first-order chi connectivity index (χ1) is 14.0. The average molecular weight is 393 g/mol. The Morgan fingerprint density at radius 1 is 1.03 bits per heavy atom. The topological polar surface area (TPSA) is 70.2 Å². The number of aryl methyl sites for hydroxylation is 1. The first-order valence-corrected chi connectivity index (χ1v) is 9.52. The van der Waals surface area contributed by atoms with Gasteiger partial charge in [0.05, 0.1) is 5.69 Å². The van der Waals surface area contributed by atoms with Gasteiger partial charge in [-0.25, -0.2) is 14.4 Å². The van der Waals surface area contributed by atoms with Crippen LogP contribution in [0.3, 0.4) is 0 Å². The van der Waals surface area contributed by atoms with Gasteiger partial charge in [-0.2, -0.15) is 0 Å². The highest BCUT2D eigenvalue weighted by Crippen LogP contribution is 2.23. The van der Waals surface area contributed by atoms with E-state index in [4.69, 9.17) is 0 Å². The number of hydrogen-bond acceptors (Lipinski definition) is 5. The number of nitrogens with zero attached hydrogens (tertiary/aromatic N) is 3. The van der Waals surface area contributed by atoms with Crippen molar-refractivity contribution >= 4 is 28.8 Å². The summed E-state index contributed by atoms with van der Waals surface area (Å²) in [4.78, 5) is 23.0. The van der Waals surface area contributed by atoms with Gasteiger partial charge in [0.1, 0.15) is 23.7 Å². The Hall–Kier alpha value is -3.48. The summed E-state index contributed by atoms with van der Waals surface area (Å²) < 4.78 is 13.8. The van der Waals surface area contributed by atoms with Gasteiger partial charge in [0.25, 0.3) is 5.91 Å². The Balaban J connectivity index is 1.75. The summed E-state index contributed by atoms with van der Waals surface area (Å²) >= 11 is 0. The van der Waals surface area contributed by atoms with Crippen LogP contribution in [0.1, 0.15) is 29.9 Å². The number of para-hydroxylation sites is 1. The van der Waals surface area contributed by atoms with Crippen LogP contribution >= 0.6 is 0 Å². The van der Waals surface area contributed by atoms with Gasteiger partial charge in [0.15, 0.2) is 0 Å². The third-order valence-electron chi connectivity index (χ3n) is 4.62. The number of benzene rings is 2. The number of nitrogens with one attached hydrogen (secondary N) is 2. The van der Waals surface area contributed by atoms with E-state index >= 15 is 0 Å². The lowest BCUT2D eigenvalue weighted by atomic mass is 10.1. The molecule has 1 amide bonds. The lowest BCUT2D eigenvalue weighted by Gasteiger charge is -2.22. The monoisotopic (exact) mass is 393 g/mol. The number of halogens is 1. The largest absolute Gasteiger partial charge is 0.372 e. The molecule has 0 aliphatic rings. The van der Waals surface area contributed by atoms with E-state index in [2.05, 4.69) is 39.3 Å². The third kappa shape index (κ3) is 4.87. The van der Waals surface area contributed by atoms with Gasteiger partial charge in [-0.05, 0) is 56.7 Å². The predicted molar refractivity (Wildman–Crippen MR) is 114 cm³/mol. The van der Waals surface area contributed by atoms with Gasteiger partial charge in [0, 0.05) is 30.5 Å². The van der Waals surface area contributed by atoms with Gasteiger partial charge in [-0.3, -0.25) is 4.79 Å². The van der Waals surface area contributed by atoms with E-state index in [9.17, 15) is 9.18 Å². The van der Waals surface area contributed by atoms with Crippen molar-refractivity contribution in [2.45, 2.75) is 20.8 Å². The van der Waals surface area contributed by atoms with E-state index in [0.717, 1.165) is 24.3 Å². The van der Waals surface area contributed by atoms with Crippen molar-refractivity contribution in [3.05, 3.63) is 71.9 Å². The number of rotatable bonds is 7. The second-order valence-electron chi connectivity index (χ2n) is 6.52. The van der Waals surface area contributed by atoms with Crippen molar-refractivity contribution in [1.29, 1.82) is 0 Å². The van der Waals surface area contributed by atoms with E-state index in [0.29, 0.717) is 11.5 Å². The maximum absolute atomic E-state index is 13.8. The van der Waals surface area contributed by atoms with Crippen molar-refractivity contribution in [1.82, 2.24) is 9.97 Å². The molecule has 7 heteroatoms. The van der Waals surface area contributed by atoms with Crippen LogP contribution in [0.15, 0.2) is 54.9 Å². The quantitative estimate of drug-likeness (QED) is 0.605. The first-order valence-electron chi connectivity index (χ1n) is 9.52. The summed E-state index contributed by atoms with van der Waals surface area (Å²) in [6.45, 7) is 8.00. The summed E-state index contributed by atoms with van der Waals surface area (Å²) in [5.74, 6) is -0.424. The van der Waals surface area contributed by atoms with Crippen LogP contribution < -0.4 is 15.5 Å². The number of anilines is 4. The maximum Gasteiger partial charge on any atom is 0.274 e. The van der Waals surface area contributed by atoms with Crippen LogP contribution in [0, 0.1) is 12.7 Å². The number of hydrogen-bond donors (Lipinski definition) is 2. The zero-order valence-corrected chi connectivity index (χ0v) is 16.7. The Bertz CT molecular complexity index is 1000. The molecular formula is C22H24FN5O. The molecule has 2 aromatic carbocycles. The molecule has 6 nitrogen and oxygen atoms in total. The zero-order valence-electron chi connectivity index (χ0n) is 16.7. The minimum absolute atomic E-state index is 0.186. The van der Waals surface area contributed by atoms with Crippen LogP contribution in [0.5, 0.6) is 0 Å². The van der Waals surface area contributed by atoms with E-state index in [1.165, 1.54) is 18.5 Å². The molecule has 0 unspecified atom stereocenters. The van der Waals surface area contributed by atoms with Gasteiger partial charge in [-0.15, -0.1) is 0 Å². The van der Waals surface area contributed by atoms with Crippen LogP contribution in [0.2, 0.25) is 0 Å².